The summed E-state index contributed by atoms with van der Waals surface area (Å²) in [5.41, 5.74) is 1.07. The lowest BCUT2D eigenvalue weighted by Gasteiger charge is -2.29. The minimum atomic E-state index is -0.687. The lowest BCUT2D eigenvalue weighted by molar-refractivity contribution is -0.121. The molecule has 1 fully saturated rings. The molecule has 2 aromatic rings. The number of rotatable bonds is 5. The van der Waals surface area contributed by atoms with Crippen LogP contribution in [0.25, 0.3) is 0 Å². The predicted octanol–water partition coefficient (Wildman–Crippen LogP) is 5.71. The van der Waals surface area contributed by atoms with Crippen molar-refractivity contribution in [2.24, 2.45) is 0 Å². The van der Waals surface area contributed by atoms with Crippen molar-refractivity contribution < 1.29 is 9.53 Å². The molecule has 1 N–H and O–H groups in total. The minimum absolute atomic E-state index is 0.114. The highest BCUT2D eigenvalue weighted by molar-refractivity contribution is 6.35. The predicted molar refractivity (Wildman–Crippen MR) is 108 cm³/mol. The number of benzene rings is 2. The standard InChI is InChI=1S/C21H20Cl2N2O2/c1-2-27-19-8-6-16(11-14(19)13-24)25-20(26)21(9-3-4-10-21)17-7-5-15(22)12-18(17)23/h5-8,11-12H,2-4,9-10H2,1H3,(H,25,26). The molecule has 0 bridgehead atoms. The third-order valence-electron chi connectivity index (χ3n) is 5.00. The molecule has 4 nitrogen and oxygen atoms in total. The van der Waals surface area contributed by atoms with Gasteiger partial charge in [-0.15, -0.1) is 0 Å². The molecule has 0 atom stereocenters. The molecule has 1 aliphatic carbocycles. The van der Waals surface area contributed by atoms with Gasteiger partial charge < -0.3 is 10.1 Å². The van der Waals surface area contributed by atoms with Gasteiger partial charge in [0.25, 0.3) is 0 Å². The number of ether oxygens (including phenoxy) is 1. The first kappa shape index (κ1) is 19.5. The fourth-order valence-corrected chi connectivity index (χ4v) is 4.29. The Bertz CT molecular complexity index is 900. The average molecular weight is 403 g/mol. The van der Waals surface area contributed by atoms with E-state index in [9.17, 15) is 10.1 Å². The zero-order valence-corrected chi connectivity index (χ0v) is 16.5. The van der Waals surface area contributed by atoms with Gasteiger partial charge in [0.2, 0.25) is 5.91 Å². The van der Waals surface area contributed by atoms with Crippen LogP contribution in [0.3, 0.4) is 0 Å². The SMILES string of the molecule is CCOc1ccc(NC(=O)C2(c3ccc(Cl)cc3Cl)CCCC2)cc1C#N. The van der Waals surface area contributed by atoms with Gasteiger partial charge in [-0.25, -0.2) is 0 Å². The number of hydrogen-bond donors (Lipinski definition) is 1. The summed E-state index contributed by atoms with van der Waals surface area (Å²) in [6.07, 6.45) is 3.36. The smallest absolute Gasteiger partial charge is 0.235 e. The van der Waals surface area contributed by atoms with Gasteiger partial charge in [-0.3, -0.25) is 4.79 Å². The number of halogens is 2. The quantitative estimate of drug-likeness (QED) is 0.695. The molecule has 0 aliphatic heterocycles. The Hall–Kier alpha value is -2.22. The molecule has 0 spiro atoms. The summed E-state index contributed by atoms with van der Waals surface area (Å²) in [7, 11) is 0. The Morgan fingerprint density at radius 2 is 1.96 bits per heavy atom. The Labute approximate surface area is 169 Å². The van der Waals surface area contributed by atoms with E-state index in [0.29, 0.717) is 33.7 Å². The van der Waals surface area contributed by atoms with Crippen molar-refractivity contribution in [3.8, 4) is 11.8 Å². The molecule has 1 aliphatic rings. The van der Waals surface area contributed by atoms with E-state index in [1.54, 1.807) is 30.3 Å². The van der Waals surface area contributed by atoms with E-state index in [4.69, 9.17) is 27.9 Å². The van der Waals surface area contributed by atoms with Gasteiger partial charge in [-0.05, 0) is 55.7 Å². The summed E-state index contributed by atoms with van der Waals surface area (Å²) >= 11 is 12.5. The van der Waals surface area contributed by atoms with Gasteiger partial charge >= 0.3 is 0 Å². The van der Waals surface area contributed by atoms with E-state index in [1.807, 2.05) is 13.0 Å². The Morgan fingerprint density at radius 3 is 2.59 bits per heavy atom. The van der Waals surface area contributed by atoms with Crippen molar-refractivity contribution in [2.45, 2.75) is 38.0 Å². The fourth-order valence-electron chi connectivity index (χ4n) is 3.70. The third kappa shape index (κ3) is 3.90. The van der Waals surface area contributed by atoms with Crippen LogP contribution in [0, 0.1) is 11.3 Å². The zero-order valence-electron chi connectivity index (χ0n) is 15.0. The van der Waals surface area contributed by atoms with Crippen molar-refractivity contribution in [3.05, 3.63) is 57.6 Å². The Balaban J connectivity index is 1.92. The summed E-state index contributed by atoms with van der Waals surface area (Å²) in [6, 6.07) is 12.5. The first-order valence-electron chi connectivity index (χ1n) is 8.94. The topological polar surface area (TPSA) is 62.1 Å². The molecule has 1 amide bonds. The van der Waals surface area contributed by atoms with Crippen LogP contribution >= 0.6 is 23.2 Å². The maximum absolute atomic E-state index is 13.3. The second-order valence-electron chi connectivity index (χ2n) is 6.62. The highest BCUT2D eigenvalue weighted by Crippen LogP contribution is 2.45. The molecule has 140 valence electrons. The molecular formula is C21H20Cl2N2O2. The third-order valence-corrected chi connectivity index (χ3v) is 5.54. The van der Waals surface area contributed by atoms with E-state index in [-0.39, 0.29) is 5.91 Å². The van der Waals surface area contributed by atoms with Crippen molar-refractivity contribution in [3.63, 3.8) is 0 Å². The van der Waals surface area contributed by atoms with Crippen molar-refractivity contribution in [1.82, 2.24) is 0 Å². The van der Waals surface area contributed by atoms with Crippen molar-refractivity contribution >= 4 is 34.8 Å². The van der Waals surface area contributed by atoms with Gasteiger partial charge in [0.05, 0.1) is 17.6 Å². The minimum Gasteiger partial charge on any atom is -0.492 e. The van der Waals surface area contributed by atoms with Gasteiger partial charge in [-0.1, -0.05) is 42.1 Å². The summed E-state index contributed by atoms with van der Waals surface area (Å²) in [6.45, 7) is 2.33. The van der Waals surface area contributed by atoms with E-state index in [2.05, 4.69) is 11.4 Å². The summed E-state index contributed by atoms with van der Waals surface area (Å²) in [4.78, 5) is 13.3. The van der Waals surface area contributed by atoms with Crippen LogP contribution in [0.1, 0.15) is 43.7 Å². The van der Waals surface area contributed by atoms with Crippen LogP contribution in [0.15, 0.2) is 36.4 Å². The Kier molecular flexibility index (Phi) is 5.94. The average Bonchev–Trinajstić information content (AvgIpc) is 3.14. The van der Waals surface area contributed by atoms with Crippen LogP contribution in [0.5, 0.6) is 5.75 Å². The molecule has 0 heterocycles. The second-order valence-corrected chi connectivity index (χ2v) is 7.47. The molecule has 0 unspecified atom stereocenters. The summed E-state index contributed by atoms with van der Waals surface area (Å²) in [5, 5.41) is 13.4. The molecule has 1 saturated carbocycles. The Morgan fingerprint density at radius 1 is 1.22 bits per heavy atom. The van der Waals surface area contributed by atoms with E-state index in [1.165, 1.54) is 0 Å². The zero-order chi connectivity index (χ0) is 19.4. The number of amides is 1. The van der Waals surface area contributed by atoms with E-state index < -0.39 is 5.41 Å². The molecule has 3 rings (SSSR count). The molecule has 0 saturated heterocycles. The fraction of sp³-hybridized carbons (Fsp3) is 0.333. The number of nitrogens with one attached hydrogen (secondary N) is 1. The number of nitriles is 1. The first-order valence-corrected chi connectivity index (χ1v) is 9.69. The molecular weight excluding hydrogens is 383 g/mol. The van der Waals surface area contributed by atoms with Crippen molar-refractivity contribution in [1.29, 1.82) is 5.26 Å². The van der Waals surface area contributed by atoms with Gasteiger partial charge in [0.15, 0.2) is 0 Å². The van der Waals surface area contributed by atoms with Crippen LogP contribution in [0.4, 0.5) is 5.69 Å². The summed E-state index contributed by atoms with van der Waals surface area (Å²) < 4.78 is 5.44. The molecule has 0 aromatic heterocycles. The molecule has 27 heavy (non-hydrogen) atoms. The number of carbonyl (C=O) groups is 1. The lowest BCUT2D eigenvalue weighted by atomic mass is 9.78. The van der Waals surface area contributed by atoms with Crippen molar-refractivity contribution in [2.75, 3.05) is 11.9 Å². The highest BCUT2D eigenvalue weighted by atomic mass is 35.5. The maximum Gasteiger partial charge on any atom is 0.235 e. The van der Waals surface area contributed by atoms with E-state index in [0.717, 1.165) is 31.2 Å². The number of carbonyl (C=O) groups excluding carboxylic acids is 1. The van der Waals surface area contributed by atoms with Gasteiger partial charge in [0.1, 0.15) is 11.8 Å². The summed E-state index contributed by atoms with van der Waals surface area (Å²) in [5.74, 6) is 0.395. The second kappa shape index (κ2) is 8.21. The van der Waals surface area contributed by atoms with Crippen LogP contribution in [-0.2, 0) is 10.2 Å². The normalized spacial score (nSPS) is 15.2. The van der Waals surface area contributed by atoms with Crippen LogP contribution in [0.2, 0.25) is 10.0 Å². The number of nitrogens with zero attached hydrogens (tertiary/aromatic N) is 1. The molecule has 2 aromatic carbocycles. The monoisotopic (exact) mass is 402 g/mol. The largest absolute Gasteiger partial charge is 0.492 e. The maximum atomic E-state index is 13.3. The first-order chi connectivity index (χ1) is 13.0. The van der Waals surface area contributed by atoms with Gasteiger partial charge in [0, 0.05) is 15.7 Å². The van der Waals surface area contributed by atoms with Crippen LogP contribution < -0.4 is 10.1 Å². The van der Waals surface area contributed by atoms with Gasteiger partial charge in [-0.2, -0.15) is 5.26 Å². The lowest BCUT2D eigenvalue weighted by Crippen LogP contribution is -2.38. The van der Waals surface area contributed by atoms with E-state index >= 15 is 0 Å². The number of anilines is 1. The highest BCUT2D eigenvalue weighted by Gasteiger charge is 2.44. The number of hydrogen-bond acceptors (Lipinski definition) is 3. The molecule has 6 heteroatoms. The van der Waals surface area contributed by atoms with Crippen LogP contribution in [-0.4, -0.2) is 12.5 Å². The molecule has 0 radical (unpaired) electrons.